The van der Waals surface area contributed by atoms with E-state index < -0.39 is 0 Å². The minimum atomic E-state index is 0.950. The van der Waals surface area contributed by atoms with Crippen molar-refractivity contribution < 1.29 is 0 Å². The first-order valence-corrected chi connectivity index (χ1v) is 4.53. The molecule has 1 aromatic rings. The monoisotopic (exact) mass is 144 g/mol. The summed E-state index contributed by atoms with van der Waals surface area (Å²) in [6, 6.07) is 8.91. The van der Waals surface area contributed by atoms with Gasteiger partial charge in [-0.05, 0) is 42.2 Å². The third kappa shape index (κ3) is 0.756. The molecule has 1 atom stereocenters. The Morgan fingerprint density at radius 1 is 1.09 bits per heavy atom. The fourth-order valence-electron chi connectivity index (χ4n) is 2.22. The van der Waals surface area contributed by atoms with Crippen LogP contribution in [-0.2, 0) is 6.42 Å². The summed E-state index contributed by atoms with van der Waals surface area (Å²) in [7, 11) is 0. The van der Waals surface area contributed by atoms with E-state index >= 15 is 0 Å². The number of hydrogen-bond acceptors (Lipinski definition) is 0. The molecule has 2 aliphatic carbocycles. The van der Waals surface area contributed by atoms with Crippen LogP contribution in [0.5, 0.6) is 0 Å². The van der Waals surface area contributed by atoms with Crippen molar-refractivity contribution in [1.82, 2.24) is 0 Å². The van der Waals surface area contributed by atoms with Crippen molar-refractivity contribution >= 4 is 0 Å². The van der Waals surface area contributed by atoms with E-state index in [2.05, 4.69) is 24.3 Å². The van der Waals surface area contributed by atoms with Crippen LogP contribution in [0.3, 0.4) is 0 Å². The SMILES string of the molecule is c1ccc2c(c1)CC2C1CC1. The zero-order valence-electron chi connectivity index (χ0n) is 6.59. The zero-order valence-corrected chi connectivity index (χ0v) is 6.59. The van der Waals surface area contributed by atoms with Crippen molar-refractivity contribution in [3.8, 4) is 0 Å². The van der Waals surface area contributed by atoms with Gasteiger partial charge in [0.2, 0.25) is 0 Å². The Morgan fingerprint density at radius 2 is 1.91 bits per heavy atom. The molecule has 0 nitrogen and oxygen atoms in total. The Hall–Kier alpha value is -0.780. The molecule has 11 heavy (non-hydrogen) atoms. The van der Waals surface area contributed by atoms with Crippen LogP contribution in [-0.4, -0.2) is 0 Å². The predicted molar refractivity (Wildman–Crippen MR) is 45.6 cm³/mol. The van der Waals surface area contributed by atoms with Gasteiger partial charge in [-0.25, -0.2) is 0 Å². The van der Waals surface area contributed by atoms with E-state index in [1.165, 1.54) is 19.3 Å². The standard InChI is InChI=1S/C11H12/c1-2-4-10-9(3-1)7-11(10)8-5-6-8/h1-4,8,11H,5-7H2. The molecule has 56 valence electrons. The number of fused-ring (bicyclic) bond motifs is 1. The van der Waals surface area contributed by atoms with Crippen molar-refractivity contribution in [2.75, 3.05) is 0 Å². The maximum Gasteiger partial charge on any atom is -0.00903 e. The number of benzene rings is 1. The van der Waals surface area contributed by atoms with Gasteiger partial charge in [-0.1, -0.05) is 24.3 Å². The first kappa shape index (κ1) is 5.82. The first-order valence-electron chi connectivity index (χ1n) is 4.53. The van der Waals surface area contributed by atoms with Crippen molar-refractivity contribution in [3.05, 3.63) is 35.4 Å². The molecule has 0 spiro atoms. The molecule has 0 N–H and O–H groups in total. The molecule has 2 aliphatic rings. The molecule has 0 aromatic heterocycles. The van der Waals surface area contributed by atoms with Crippen LogP contribution in [0.2, 0.25) is 0 Å². The molecular formula is C11H12. The highest BCUT2D eigenvalue weighted by molar-refractivity contribution is 5.41. The fourth-order valence-corrected chi connectivity index (χ4v) is 2.22. The smallest absolute Gasteiger partial charge is 0.00903 e. The lowest BCUT2D eigenvalue weighted by atomic mass is 9.75. The van der Waals surface area contributed by atoms with Gasteiger partial charge in [-0.2, -0.15) is 0 Å². The second-order valence-electron chi connectivity index (χ2n) is 3.85. The summed E-state index contributed by atoms with van der Waals surface area (Å²) in [5.74, 6) is 2.01. The van der Waals surface area contributed by atoms with E-state index in [4.69, 9.17) is 0 Å². The molecule has 3 rings (SSSR count). The van der Waals surface area contributed by atoms with Gasteiger partial charge in [0.15, 0.2) is 0 Å². The van der Waals surface area contributed by atoms with Gasteiger partial charge >= 0.3 is 0 Å². The van der Waals surface area contributed by atoms with Crippen LogP contribution in [0.15, 0.2) is 24.3 Å². The fraction of sp³-hybridized carbons (Fsp3) is 0.455. The van der Waals surface area contributed by atoms with Gasteiger partial charge in [-0.3, -0.25) is 0 Å². The molecule has 0 aliphatic heterocycles. The zero-order chi connectivity index (χ0) is 7.26. The summed E-state index contributed by atoms with van der Waals surface area (Å²) < 4.78 is 0. The van der Waals surface area contributed by atoms with E-state index in [-0.39, 0.29) is 0 Å². The maximum absolute atomic E-state index is 2.31. The van der Waals surface area contributed by atoms with Gasteiger partial charge < -0.3 is 0 Å². The van der Waals surface area contributed by atoms with E-state index in [1.54, 1.807) is 11.1 Å². The molecule has 0 bridgehead atoms. The second-order valence-corrected chi connectivity index (χ2v) is 3.85. The van der Waals surface area contributed by atoms with E-state index in [1.807, 2.05) is 0 Å². The van der Waals surface area contributed by atoms with E-state index in [0.717, 1.165) is 11.8 Å². The highest BCUT2D eigenvalue weighted by Crippen LogP contribution is 2.50. The molecular weight excluding hydrogens is 132 g/mol. The molecule has 1 saturated carbocycles. The minimum Gasteiger partial charge on any atom is -0.0620 e. The van der Waals surface area contributed by atoms with Crippen molar-refractivity contribution in [2.24, 2.45) is 5.92 Å². The minimum absolute atomic E-state index is 0.950. The lowest BCUT2D eigenvalue weighted by molar-refractivity contribution is 0.539. The lowest BCUT2D eigenvalue weighted by Crippen LogP contribution is -2.18. The quantitative estimate of drug-likeness (QED) is 0.568. The third-order valence-corrected chi connectivity index (χ3v) is 3.09. The summed E-state index contributed by atoms with van der Waals surface area (Å²) in [6.45, 7) is 0. The third-order valence-electron chi connectivity index (χ3n) is 3.09. The highest BCUT2D eigenvalue weighted by atomic mass is 14.4. The molecule has 1 fully saturated rings. The molecule has 0 heterocycles. The first-order chi connectivity index (χ1) is 5.45. The predicted octanol–water partition coefficient (Wildman–Crippen LogP) is 2.74. The average Bonchev–Trinajstić information content (AvgIpc) is 2.75. The Balaban J connectivity index is 1.97. The maximum atomic E-state index is 2.31. The number of rotatable bonds is 1. The molecule has 0 saturated heterocycles. The highest BCUT2D eigenvalue weighted by Gasteiger charge is 2.38. The number of hydrogen-bond donors (Lipinski definition) is 0. The molecule has 0 radical (unpaired) electrons. The topological polar surface area (TPSA) is 0 Å². The van der Waals surface area contributed by atoms with Crippen molar-refractivity contribution in [3.63, 3.8) is 0 Å². The van der Waals surface area contributed by atoms with Crippen LogP contribution in [0.1, 0.15) is 29.9 Å². The summed E-state index contributed by atoms with van der Waals surface area (Å²) in [5, 5.41) is 0. The van der Waals surface area contributed by atoms with Gasteiger partial charge in [0.05, 0.1) is 0 Å². The van der Waals surface area contributed by atoms with Crippen LogP contribution >= 0.6 is 0 Å². The van der Waals surface area contributed by atoms with Gasteiger partial charge in [-0.15, -0.1) is 0 Å². The summed E-state index contributed by atoms with van der Waals surface area (Å²) in [4.78, 5) is 0. The summed E-state index contributed by atoms with van der Waals surface area (Å²) >= 11 is 0. The van der Waals surface area contributed by atoms with Crippen molar-refractivity contribution in [2.45, 2.75) is 25.2 Å². The largest absolute Gasteiger partial charge is 0.0620 e. The van der Waals surface area contributed by atoms with Crippen molar-refractivity contribution in [1.29, 1.82) is 0 Å². The average molecular weight is 144 g/mol. The normalized spacial score (nSPS) is 27.5. The van der Waals surface area contributed by atoms with E-state index in [0.29, 0.717) is 0 Å². The summed E-state index contributed by atoms with van der Waals surface area (Å²) in [6.07, 6.45) is 4.33. The van der Waals surface area contributed by atoms with Gasteiger partial charge in [0.25, 0.3) is 0 Å². The Morgan fingerprint density at radius 3 is 2.64 bits per heavy atom. The van der Waals surface area contributed by atoms with E-state index in [9.17, 15) is 0 Å². The van der Waals surface area contributed by atoms with Crippen LogP contribution in [0.25, 0.3) is 0 Å². The van der Waals surface area contributed by atoms with Crippen LogP contribution in [0, 0.1) is 5.92 Å². The van der Waals surface area contributed by atoms with Crippen LogP contribution in [0.4, 0.5) is 0 Å². The van der Waals surface area contributed by atoms with Gasteiger partial charge in [0.1, 0.15) is 0 Å². The molecule has 1 unspecified atom stereocenters. The summed E-state index contributed by atoms with van der Waals surface area (Å²) in [5.41, 5.74) is 3.25. The Labute approximate surface area is 67.2 Å². The Bertz CT molecular complexity index is 284. The van der Waals surface area contributed by atoms with Crippen LogP contribution < -0.4 is 0 Å². The molecule has 0 heteroatoms. The Kier molecular flexibility index (Phi) is 0.993. The molecule has 0 amide bonds. The lowest BCUT2D eigenvalue weighted by Gasteiger charge is -2.29. The van der Waals surface area contributed by atoms with Gasteiger partial charge in [0, 0.05) is 0 Å². The molecule has 1 aromatic carbocycles. The second kappa shape index (κ2) is 1.88.